The van der Waals surface area contributed by atoms with Gasteiger partial charge in [-0.1, -0.05) is 35.9 Å². The van der Waals surface area contributed by atoms with E-state index in [1.54, 1.807) is 69.3 Å². The molecule has 0 saturated carbocycles. The summed E-state index contributed by atoms with van der Waals surface area (Å²) in [5.41, 5.74) is 2.14. The maximum atomic E-state index is 13.1. The van der Waals surface area contributed by atoms with Gasteiger partial charge >= 0.3 is 5.97 Å². The number of rotatable bonds is 8. The molecule has 0 radical (unpaired) electrons. The van der Waals surface area contributed by atoms with Gasteiger partial charge in [-0.15, -0.1) is 0 Å². The Balaban J connectivity index is 1.87. The fraction of sp³-hybridized carbons (Fsp3) is 0.259. The number of sulfonamides is 1. The molecule has 0 aliphatic rings. The molecule has 3 aromatic rings. The lowest BCUT2D eigenvalue weighted by Gasteiger charge is -2.26. The first-order valence-electron chi connectivity index (χ1n) is 11.4. The number of hydrogen-bond donors (Lipinski definition) is 4. The maximum Gasteiger partial charge on any atom is 0.329 e. The molecule has 0 unspecified atom stereocenters. The second kappa shape index (κ2) is 10.5. The predicted octanol–water partition coefficient (Wildman–Crippen LogP) is 4.69. The van der Waals surface area contributed by atoms with Crippen LogP contribution in [-0.4, -0.2) is 42.2 Å². The summed E-state index contributed by atoms with van der Waals surface area (Å²) in [6.07, 6.45) is 0. The molecule has 0 bridgehead atoms. The van der Waals surface area contributed by atoms with Crippen LogP contribution >= 0.6 is 11.6 Å². The van der Waals surface area contributed by atoms with Gasteiger partial charge in [-0.2, -0.15) is 0 Å². The summed E-state index contributed by atoms with van der Waals surface area (Å²) >= 11 is 6.11. The molecule has 196 valence electrons. The number of amides is 1. The number of aryl methyl sites for hydroxylation is 3. The number of anilines is 1. The Hall–Kier alpha value is -3.40. The highest BCUT2D eigenvalue weighted by molar-refractivity contribution is 7.92. The normalized spacial score (nSPS) is 12.6. The van der Waals surface area contributed by atoms with Gasteiger partial charge in [0.15, 0.2) is 6.04 Å². The predicted molar refractivity (Wildman–Crippen MR) is 144 cm³/mol. The lowest BCUT2D eigenvalue weighted by molar-refractivity contribution is -0.145. The molecule has 3 rings (SSSR count). The number of benzene rings is 3. The fourth-order valence-corrected chi connectivity index (χ4v) is 5.44. The van der Waals surface area contributed by atoms with Crippen molar-refractivity contribution in [2.24, 2.45) is 0 Å². The minimum absolute atomic E-state index is 0.136. The Morgan fingerprint density at radius 1 is 0.919 bits per heavy atom. The molecule has 10 heteroatoms. The van der Waals surface area contributed by atoms with Crippen molar-refractivity contribution in [2.45, 2.75) is 51.2 Å². The van der Waals surface area contributed by atoms with E-state index in [9.17, 15) is 28.2 Å². The number of carboxylic acid groups (broad SMARTS) is 1. The zero-order valence-electron chi connectivity index (χ0n) is 21.1. The van der Waals surface area contributed by atoms with E-state index in [-0.39, 0.29) is 10.5 Å². The summed E-state index contributed by atoms with van der Waals surface area (Å²) in [4.78, 5) is 24.3. The summed E-state index contributed by atoms with van der Waals surface area (Å²) in [6, 6.07) is 13.5. The highest BCUT2D eigenvalue weighted by Crippen LogP contribution is 2.29. The topological polar surface area (TPSA) is 133 Å². The number of aliphatic hydroxyl groups is 1. The lowest BCUT2D eigenvalue weighted by Crippen LogP contribution is -2.54. The Labute approximate surface area is 221 Å². The number of hydrogen-bond acceptors (Lipinski definition) is 5. The van der Waals surface area contributed by atoms with Gasteiger partial charge < -0.3 is 15.5 Å². The van der Waals surface area contributed by atoms with Crippen LogP contribution in [0, 0.1) is 20.8 Å². The molecule has 3 aromatic carbocycles. The molecule has 0 saturated heterocycles. The van der Waals surface area contributed by atoms with Crippen LogP contribution in [0.5, 0.6) is 0 Å². The number of carboxylic acids is 1. The number of halogens is 1. The number of nitrogens with one attached hydrogen (secondary N) is 2. The second-order valence-corrected chi connectivity index (χ2v) is 11.5. The summed E-state index contributed by atoms with van der Waals surface area (Å²) < 4.78 is 28.7. The molecule has 1 atom stereocenters. The van der Waals surface area contributed by atoms with Gasteiger partial charge in [0.1, 0.15) is 0 Å². The number of carbonyl (C=O) groups is 2. The van der Waals surface area contributed by atoms with Crippen LogP contribution in [0.1, 0.15) is 40.9 Å². The SMILES string of the molecule is Cc1cc(S(=O)(=O)Nc2cccc(-c3ccc(C(=O)N[C@H](C(=O)O)C(C)(C)O)c(C)c3)c2)c(C)cc1Cl. The lowest BCUT2D eigenvalue weighted by atomic mass is 9.96. The average Bonchev–Trinajstić information content (AvgIpc) is 2.78. The molecular weight excluding hydrogens is 516 g/mol. The van der Waals surface area contributed by atoms with Gasteiger partial charge in [0.05, 0.1) is 10.5 Å². The molecule has 37 heavy (non-hydrogen) atoms. The van der Waals surface area contributed by atoms with Crippen molar-refractivity contribution in [1.82, 2.24) is 5.32 Å². The summed E-state index contributed by atoms with van der Waals surface area (Å²) in [7, 11) is -3.87. The molecular formula is C27H29ClN2O6S. The van der Waals surface area contributed by atoms with Crippen molar-refractivity contribution in [2.75, 3.05) is 4.72 Å². The van der Waals surface area contributed by atoms with Crippen LogP contribution in [0.3, 0.4) is 0 Å². The van der Waals surface area contributed by atoms with E-state index in [2.05, 4.69) is 10.0 Å². The minimum atomic E-state index is -3.87. The van der Waals surface area contributed by atoms with E-state index < -0.39 is 33.5 Å². The molecule has 4 N–H and O–H groups in total. The van der Waals surface area contributed by atoms with Crippen LogP contribution in [0.15, 0.2) is 59.5 Å². The summed E-state index contributed by atoms with van der Waals surface area (Å²) in [6.45, 7) is 7.73. The van der Waals surface area contributed by atoms with E-state index in [1.807, 2.05) is 0 Å². The molecule has 1 amide bonds. The smallest absolute Gasteiger partial charge is 0.329 e. The van der Waals surface area contributed by atoms with Crippen LogP contribution in [0.4, 0.5) is 5.69 Å². The van der Waals surface area contributed by atoms with Crippen LogP contribution < -0.4 is 10.0 Å². The van der Waals surface area contributed by atoms with Crippen molar-refractivity contribution in [3.8, 4) is 11.1 Å². The molecule has 0 spiro atoms. The van der Waals surface area contributed by atoms with Crippen LogP contribution in [0.25, 0.3) is 11.1 Å². The largest absolute Gasteiger partial charge is 0.480 e. The van der Waals surface area contributed by atoms with Crippen LogP contribution in [-0.2, 0) is 14.8 Å². The maximum absolute atomic E-state index is 13.1. The van der Waals surface area contributed by atoms with Gasteiger partial charge in [-0.3, -0.25) is 9.52 Å². The zero-order chi connectivity index (χ0) is 27.7. The quantitative estimate of drug-likeness (QED) is 0.325. The Kier molecular flexibility index (Phi) is 8.02. The number of carbonyl (C=O) groups excluding carboxylic acids is 1. The van der Waals surface area contributed by atoms with Gasteiger partial charge in [-0.05, 0) is 92.8 Å². The van der Waals surface area contributed by atoms with Gasteiger partial charge in [0.25, 0.3) is 15.9 Å². The van der Waals surface area contributed by atoms with Gasteiger partial charge in [0, 0.05) is 16.3 Å². The van der Waals surface area contributed by atoms with E-state index in [1.165, 1.54) is 19.9 Å². The van der Waals surface area contributed by atoms with Gasteiger partial charge in [0.2, 0.25) is 0 Å². The zero-order valence-corrected chi connectivity index (χ0v) is 22.7. The first kappa shape index (κ1) is 28.2. The standard InChI is InChI=1S/C27H29ClN2O6S/c1-15-11-19(9-10-21(15)25(31)29-24(26(32)33)27(4,5)34)18-7-6-8-20(14-18)30-37(35,36)23-13-16(2)22(28)12-17(23)3/h6-14,24,30,34H,1-5H3,(H,29,31)(H,32,33)/t24-/m1/s1. The minimum Gasteiger partial charge on any atom is -0.480 e. The van der Waals surface area contributed by atoms with Crippen molar-refractivity contribution in [3.05, 3.63) is 81.9 Å². The molecule has 0 heterocycles. The molecule has 0 aliphatic carbocycles. The van der Waals surface area contributed by atoms with E-state index >= 15 is 0 Å². The van der Waals surface area contributed by atoms with E-state index in [4.69, 9.17) is 11.6 Å². The number of aliphatic carboxylic acids is 1. The van der Waals surface area contributed by atoms with E-state index in [0.29, 0.717) is 33.0 Å². The summed E-state index contributed by atoms with van der Waals surface area (Å²) in [5, 5.41) is 22.3. The monoisotopic (exact) mass is 544 g/mol. The van der Waals surface area contributed by atoms with Crippen molar-refractivity contribution < 1.29 is 28.2 Å². The van der Waals surface area contributed by atoms with Crippen molar-refractivity contribution in [3.63, 3.8) is 0 Å². The van der Waals surface area contributed by atoms with Crippen molar-refractivity contribution in [1.29, 1.82) is 0 Å². The molecule has 8 nitrogen and oxygen atoms in total. The second-order valence-electron chi connectivity index (χ2n) is 9.48. The highest BCUT2D eigenvalue weighted by Gasteiger charge is 2.35. The molecule has 0 fully saturated rings. The molecule has 0 aromatic heterocycles. The first-order valence-corrected chi connectivity index (χ1v) is 13.2. The first-order chi connectivity index (χ1) is 17.1. The summed E-state index contributed by atoms with van der Waals surface area (Å²) in [5.74, 6) is -1.98. The Morgan fingerprint density at radius 3 is 2.16 bits per heavy atom. The van der Waals surface area contributed by atoms with Crippen molar-refractivity contribution >= 4 is 39.2 Å². The van der Waals surface area contributed by atoms with Gasteiger partial charge in [-0.25, -0.2) is 13.2 Å². The fourth-order valence-electron chi connectivity index (χ4n) is 3.86. The van der Waals surface area contributed by atoms with Crippen LogP contribution in [0.2, 0.25) is 5.02 Å². The third kappa shape index (κ3) is 6.49. The highest BCUT2D eigenvalue weighted by atomic mass is 35.5. The molecule has 0 aliphatic heterocycles. The average molecular weight is 545 g/mol. The van der Waals surface area contributed by atoms with E-state index in [0.717, 1.165) is 5.56 Å². The Bertz CT molecular complexity index is 1480. The third-order valence-electron chi connectivity index (χ3n) is 5.89. The Morgan fingerprint density at radius 2 is 1.57 bits per heavy atom. The third-order valence-corrected chi connectivity index (χ3v) is 7.82.